The van der Waals surface area contributed by atoms with Crippen LogP contribution < -0.4 is 5.19 Å². The van der Waals surface area contributed by atoms with E-state index in [1.807, 2.05) is 6.26 Å². The molecule has 0 aliphatic heterocycles. The first-order valence-corrected chi connectivity index (χ1v) is 12.5. The van der Waals surface area contributed by atoms with E-state index >= 15 is 0 Å². The maximum Gasteiger partial charge on any atom is 0.276 e. The van der Waals surface area contributed by atoms with Gasteiger partial charge in [-0.15, -0.1) is 6.58 Å². The molecular formula is C23H30OSi. The summed E-state index contributed by atoms with van der Waals surface area (Å²) < 4.78 is 6.35. The Morgan fingerprint density at radius 2 is 1.92 bits per heavy atom. The summed E-state index contributed by atoms with van der Waals surface area (Å²) in [7, 11) is -1.89. The van der Waals surface area contributed by atoms with Gasteiger partial charge in [-0.2, -0.15) is 0 Å². The van der Waals surface area contributed by atoms with Gasteiger partial charge in [0, 0.05) is 10.8 Å². The number of hydrogen-bond donors (Lipinski definition) is 0. The molecule has 4 aliphatic carbocycles. The molecule has 1 nitrogen and oxygen atoms in total. The van der Waals surface area contributed by atoms with Gasteiger partial charge in [0.25, 0.3) is 8.32 Å². The van der Waals surface area contributed by atoms with Gasteiger partial charge < -0.3 is 4.43 Å². The van der Waals surface area contributed by atoms with E-state index in [4.69, 9.17) is 4.43 Å². The molecular weight excluding hydrogens is 320 g/mol. The van der Waals surface area contributed by atoms with E-state index in [9.17, 15) is 0 Å². The first-order chi connectivity index (χ1) is 11.9. The van der Waals surface area contributed by atoms with Gasteiger partial charge in [0.05, 0.1) is 6.26 Å². The Morgan fingerprint density at radius 1 is 1.16 bits per heavy atom. The molecule has 5 rings (SSSR count). The average molecular weight is 351 g/mol. The maximum absolute atomic E-state index is 6.35. The molecule has 1 spiro atoms. The van der Waals surface area contributed by atoms with Crippen molar-refractivity contribution >= 4 is 13.5 Å². The number of benzene rings is 1. The Kier molecular flexibility index (Phi) is 3.70. The zero-order valence-electron chi connectivity index (χ0n) is 15.8. The Morgan fingerprint density at radius 3 is 2.64 bits per heavy atom. The zero-order valence-corrected chi connectivity index (χ0v) is 16.8. The van der Waals surface area contributed by atoms with Crippen LogP contribution in [0.4, 0.5) is 0 Å². The predicted octanol–water partition coefficient (Wildman–Crippen LogP) is 5.57. The van der Waals surface area contributed by atoms with E-state index in [0.29, 0.717) is 16.7 Å². The topological polar surface area (TPSA) is 9.23 Å². The molecule has 0 heterocycles. The summed E-state index contributed by atoms with van der Waals surface area (Å²) in [5.74, 6) is 0.541. The van der Waals surface area contributed by atoms with E-state index in [-0.39, 0.29) is 5.41 Å². The Balaban J connectivity index is 1.57. The van der Waals surface area contributed by atoms with Crippen LogP contribution in [0.5, 0.6) is 0 Å². The van der Waals surface area contributed by atoms with Crippen LogP contribution >= 0.6 is 0 Å². The quantitative estimate of drug-likeness (QED) is 0.383. The van der Waals surface area contributed by atoms with Gasteiger partial charge in [0.15, 0.2) is 0 Å². The lowest BCUT2D eigenvalue weighted by molar-refractivity contribution is -0.147. The molecule has 2 heteroatoms. The van der Waals surface area contributed by atoms with Crippen LogP contribution in [-0.2, 0) is 4.43 Å². The van der Waals surface area contributed by atoms with Crippen LogP contribution in [0.2, 0.25) is 13.1 Å². The van der Waals surface area contributed by atoms with Crippen molar-refractivity contribution in [2.45, 2.75) is 45.7 Å². The predicted molar refractivity (Wildman–Crippen MR) is 108 cm³/mol. The number of allylic oxidation sites excluding steroid dienone is 4. The monoisotopic (exact) mass is 350 g/mol. The normalized spacial score (nSPS) is 39.1. The van der Waals surface area contributed by atoms with E-state index in [0.717, 1.165) is 0 Å². The molecule has 0 radical (unpaired) electrons. The van der Waals surface area contributed by atoms with Crippen molar-refractivity contribution < 1.29 is 4.43 Å². The fourth-order valence-corrected chi connectivity index (χ4v) is 7.82. The number of fused-ring (bicyclic) bond motifs is 1. The molecule has 0 aromatic heterocycles. The van der Waals surface area contributed by atoms with Crippen LogP contribution in [0.1, 0.15) is 32.6 Å². The van der Waals surface area contributed by atoms with Crippen molar-refractivity contribution in [2.75, 3.05) is 0 Å². The SMILES string of the molecule is C=C[C@]12CC[C@@]3(C=CCC[C@]31C)[C@@H]2/C=C\O[Si](C)(C)c1ccccc1. The summed E-state index contributed by atoms with van der Waals surface area (Å²) in [5.41, 5.74) is 0.978. The molecule has 25 heavy (non-hydrogen) atoms. The first-order valence-electron chi connectivity index (χ1n) is 9.63. The van der Waals surface area contributed by atoms with Crippen molar-refractivity contribution in [2.24, 2.45) is 22.2 Å². The summed E-state index contributed by atoms with van der Waals surface area (Å²) in [6, 6.07) is 10.7. The van der Waals surface area contributed by atoms with Crippen molar-refractivity contribution in [3.05, 3.63) is 67.5 Å². The second kappa shape index (κ2) is 5.47. The molecule has 4 atom stereocenters. The van der Waals surface area contributed by atoms with E-state index < -0.39 is 8.32 Å². The van der Waals surface area contributed by atoms with Gasteiger partial charge in [0.1, 0.15) is 0 Å². The minimum atomic E-state index is -1.89. The summed E-state index contributed by atoms with van der Waals surface area (Å²) in [6.07, 6.45) is 16.7. The van der Waals surface area contributed by atoms with E-state index in [2.05, 4.69) is 81.2 Å². The van der Waals surface area contributed by atoms with Gasteiger partial charge in [-0.05, 0) is 61.4 Å². The number of hydrogen-bond acceptors (Lipinski definition) is 1. The third kappa shape index (κ3) is 2.01. The molecule has 0 amide bonds. The lowest BCUT2D eigenvalue weighted by atomic mass is 9.34. The largest absolute Gasteiger partial charge is 0.545 e. The Labute approximate surface area is 153 Å². The van der Waals surface area contributed by atoms with Gasteiger partial charge in [0.2, 0.25) is 0 Å². The van der Waals surface area contributed by atoms with E-state index in [1.54, 1.807) is 0 Å². The van der Waals surface area contributed by atoms with Gasteiger partial charge >= 0.3 is 0 Å². The molecule has 4 aliphatic rings. The maximum atomic E-state index is 6.35. The van der Waals surface area contributed by atoms with Crippen molar-refractivity contribution in [3.63, 3.8) is 0 Å². The highest BCUT2D eigenvalue weighted by molar-refractivity contribution is 6.84. The molecule has 2 bridgehead atoms. The summed E-state index contributed by atoms with van der Waals surface area (Å²) >= 11 is 0. The van der Waals surface area contributed by atoms with Crippen LogP contribution in [0.15, 0.2) is 67.5 Å². The van der Waals surface area contributed by atoms with Crippen molar-refractivity contribution in [3.8, 4) is 0 Å². The second-order valence-electron chi connectivity index (χ2n) is 8.86. The molecule has 0 N–H and O–H groups in total. The molecule has 3 saturated carbocycles. The zero-order chi connectivity index (χ0) is 17.8. The highest BCUT2D eigenvalue weighted by atomic mass is 28.4. The standard InChI is InChI=1S/C23H30OSi/c1-5-22-16-17-23(15-10-9-14-21(22,23)2)20(22)13-18-24-25(3,4)19-11-7-6-8-12-19/h5-8,10-13,15,18,20H,1,9,14,16-17H2,2-4H3/b18-13-/t20-,21+,22-,23+/m1/s1. The molecule has 132 valence electrons. The van der Waals surface area contributed by atoms with Crippen LogP contribution in [0, 0.1) is 22.2 Å². The molecule has 1 aromatic carbocycles. The summed E-state index contributed by atoms with van der Waals surface area (Å²) in [6.45, 7) is 11.3. The fourth-order valence-electron chi connectivity index (χ4n) is 6.27. The van der Waals surface area contributed by atoms with Crippen LogP contribution in [0.3, 0.4) is 0 Å². The van der Waals surface area contributed by atoms with E-state index in [1.165, 1.54) is 30.9 Å². The van der Waals surface area contributed by atoms with Gasteiger partial charge in [-0.25, -0.2) is 0 Å². The third-order valence-electron chi connectivity index (χ3n) is 7.81. The van der Waals surface area contributed by atoms with Gasteiger partial charge in [-0.3, -0.25) is 0 Å². The second-order valence-corrected chi connectivity index (χ2v) is 12.7. The number of rotatable bonds is 5. The summed E-state index contributed by atoms with van der Waals surface area (Å²) in [5, 5.41) is 1.34. The van der Waals surface area contributed by atoms with Crippen molar-refractivity contribution in [1.29, 1.82) is 0 Å². The molecule has 1 aromatic rings. The minimum Gasteiger partial charge on any atom is -0.545 e. The highest BCUT2D eigenvalue weighted by Crippen LogP contribution is 2.84. The average Bonchev–Trinajstić information content (AvgIpc) is 3.09. The smallest absolute Gasteiger partial charge is 0.276 e. The Hall–Kier alpha value is -1.54. The lowest BCUT2D eigenvalue weighted by Crippen LogP contribution is -2.64. The van der Waals surface area contributed by atoms with Crippen LogP contribution in [0.25, 0.3) is 0 Å². The summed E-state index contributed by atoms with van der Waals surface area (Å²) in [4.78, 5) is 0. The highest BCUT2D eigenvalue weighted by Gasteiger charge is 2.78. The fraction of sp³-hybridized carbons (Fsp3) is 0.478. The van der Waals surface area contributed by atoms with Crippen LogP contribution in [-0.4, -0.2) is 8.32 Å². The molecule has 3 fully saturated rings. The molecule has 0 unspecified atom stereocenters. The van der Waals surface area contributed by atoms with Crippen molar-refractivity contribution in [1.82, 2.24) is 0 Å². The lowest BCUT2D eigenvalue weighted by Gasteiger charge is -2.68. The minimum absolute atomic E-state index is 0.260. The van der Waals surface area contributed by atoms with Gasteiger partial charge in [-0.1, -0.05) is 55.5 Å². The first kappa shape index (κ1) is 16.9. The Bertz CT molecular complexity index is 734. The molecule has 0 saturated heterocycles. The third-order valence-corrected chi connectivity index (χ3v) is 10.3.